The van der Waals surface area contributed by atoms with E-state index in [4.69, 9.17) is 9.47 Å². The zero-order chi connectivity index (χ0) is 30.3. The number of allylic oxidation sites excluding steroid dienone is 2. The van der Waals surface area contributed by atoms with Gasteiger partial charge >= 0.3 is 0 Å². The summed E-state index contributed by atoms with van der Waals surface area (Å²) in [5, 5.41) is 11.6. The van der Waals surface area contributed by atoms with E-state index >= 15 is 0 Å². The first-order valence-corrected chi connectivity index (χ1v) is 15.2. The van der Waals surface area contributed by atoms with Crippen LogP contribution in [0.3, 0.4) is 0 Å². The molecule has 1 aliphatic heterocycles. The van der Waals surface area contributed by atoms with E-state index in [0.717, 1.165) is 48.4 Å². The number of nitrogens with one attached hydrogen (secondary N) is 1. The quantitative estimate of drug-likeness (QED) is 0.266. The fraction of sp³-hybridized carbons (Fsp3) is 0.353. The summed E-state index contributed by atoms with van der Waals surface area (Å²) in [4.78, 5) is 32.5. The lowest BCUT2D eigenvalue weighted by Crippen LogP contribution is -2.52. The predicted molar refractivity (Wildman–Crippen MR) is 169 cm³/mol. The van der Waals surface area contributed by atoms with Gasteiger partial charge in [0, 0.05) is 31.0 Å². The van der Waals surface area contributed by atoms with Crippen LogP contribution in [-0.4, -0.2) is 71.2 Å². The Bertz CT molecular complexity index is 1590. The van der Waals surface area contributed by atoms with Gasteiger partial charge in [0.2, 0.25) is 11.8 Å². The molecule has 1 aromatic heterocycles. The Balaban J connectivity index is 1.29. The van der Waals surface area contributed by atoms with E-state index in [0.29, 0.717) is 30.8 Å². The second-order valence-electron chi connectivity index (χ2n) is 11.2. The zero-order valence-corrected chi connectivity index (χ0v) is 25.0. The number of aromatic nitrogens is 3. The van der Waals surface area contributed by atoms with Crippen molar-refractivity contribution >= 4 is 34.2 Å². The molecule has 2 aliphatic rings. The van der Waals surface area contributed by atoms with Crippen LogP contribution in [0.4, 0.5) is 11.4 Å². The third-order valence-corrected chi connectivity index (χ3v) is 8.41. The van der Waals surface area contributed by atoms with Gasteiger partial charge in [-0.05, 0) is 79.3 Å². The standard InChI is InChI=1S/C34H38N6O4/c1-43-29-17-11-25(12-18-29)23-39(32(41)24-40-31-10-6-5-9-30(31)36-37-40)33(26-7-3-2-4-8-26)34(42)35-27-13-15-28(16-14-27)38-19-21-44-22-20-38/h2-3,5-6,9-18,26,33H,4,7-8,19-24H2,1H3,(H,35,42)/t26-,33-/m1/s1. The summed E-state index contributed by atoms with van der Waals surface area (Å²) in [5.74, 6) is 0.291. The molecular formula is C34H38N6O4. The number of rotatable bonds is 10. The molecule has 228 valence electrons. The van der Waals surface area contributed by atoms with E-state index in [9.17, 15) is 9.59 Å². The molecule has 1 fully saturated rings. The van der Waals surface area contributed by atoms with Gasteiger partial charge in [-0.2, -0.15) is 0 Å². The molecule has 0 saturated carbocycles. The molecule has 1 saturated heterocycles. The first-order chi connectivity index (χ1) is 21.6. The van der Waals surface area contributed by atoms with Crippen molar-refractivity contribution in [3.05, 3.63) is 90.5 Å². The molecule has 3 aromatic carbocycles. The van der Waals surface area contributed by atoms with Gasteiger partial charge in [-0.25, -0.2) is 4.68 Å². The Kier molecular flexibility index (Phi) is 9.17. The Morgan fingerprint density at radius 1 is 1.02 bits per heavy atom. The fourth-order valence-corrected chi connectivity index (χ4v) is 6.03. The minimum atomic E-state index is -0.691. The van der Waals surface area contributed by atoms with Crippen LogP contribution in [0, 0.1) is 5.92 Å². The van der Waals surface area contributed by atoms with E-state index in [1.54, 1.807) is 16.7 Å². The highest BCUT2D eigenvalue weighted by atomic mass is 16.5. The van der Waals surface area contributed by atoms with Crippen LogP contribution >= 0.6 is 0 Å². The monoisotopic (exact) mass is 594 g/mol. The average Bonchev–Trinajstić information content (AvgIpc) is 3.48. The summed E-state index contributed by atoms with van der Waals surface area (Å²) in [5.41, 5.74) is 4.18. The second kappa shape index (κ2) is 13.7. The highest BCUT2D eigenvalue weighted by molar-refractivity contribution is 5.97. The topological polar surface area (TPSA) is 102 Å². The van der Waals surface area contributed by atoms with Crippen molar-refractivity contribution in [1.29, 1.82) is 0 Å². The summed E-state index contributed by atoms with van der Waals surface area (Å²) >= 11 is 0. The van der Waals surface area contributed by atoms with Crippen molar-refractivity contribution in [2.75, 3.05) is 43.6 Å². The number of amides is 2. The Morgan fingerprint density at radius 3 is 2.52 bits per heavy atom. The zero-order valence-electron chi connectivity index (χ0n) is 25.0. The molecule has 1 N–H and O–H groups in total. The van der Waals surface area contributed by atoms with Crippen molar-refractivity contribution in [2.24, 2.45) is 5.92 Å². The number of para-hydroxylation sites is 1. The number of methoxy groups -OCH3 is 1. The molecule has 2 atom stereocenters. The maximum atomic E-state index is 14.2. The van der Waals surface area contributed by atoms with Gasteiger partial charge in [-0.3, -0.25) is 9.59 Å². The summed E-state index contributed by atoms with van der Waals surface area (Å²) in [6.07, 6.45) is 6.65. The largest absolute Gasteiger partial charge is 0.497 e. The summed E-state index contributed by atoms with van der Waals surface area (Å²) < 4.78 is 12.4. The molecule has 0 radical (unpaired) electrons. The van der Waals surface area contributed by atoms with Crippen LogP contribution in [0.5, 0.6) is 5.75 Å². The van der Waals surface area contributed by atoms with Crippen molar-refractivity contribution in [1.82, 2.24) is 19.9 Å². The summed E-state index contributed by atoms with van der Waals surface area (Å²) in [6.45, 7) is 3.33. The van der Waals surface area contributed by atoms with E-state index in [-0.39, 0.29) is 30.8 Å². The summed E-state index contributed by atoms with van der Waals surface area (Å²) in [7, 11) is 1.62. The molecule has 0 spiro atoms. The van der Waals surface area contributed by atoms with E-state index in [1.165, 1.54) is 0 Å². The minimum absolute atomic E-state index is 0.0305. The lowest BCUT2D eigenvalue weighted by molar-refractivity contribution is -0.142. The molecule has 10 heteroatoms. The number of morpholine rings is 1. The number of fused-ring (bicyclic) bond motifs is 1. The van der Waals surface area contributed by atoms with Crippen LogP contribution in [-0.2, 0) is 27.4 Å². The van der Waals surface area contributed by atoms with Gasteiger partial charge in [0.15, 0.2) is 0 Å². The normalized spacial score (nSPS) is 17.3. The van der Waals surface area contributed by atoms with Gasteiger partial charge in [-0.15, -0.1) is 5.10 Å². The van der Waals surface area contributed by atoms with Crippen LogP contribution in [0.1, 0.15) is 24.8 Å². The fourth-order valence-electron chi connectivity index (χ4n) is 6.03. The van der Waals surface area contributed by atoms with Gasteiger partial charge < -0.3 is 24.6 Å². The Labute approximate surface area is 257 Å². The number of carbonyl (C=O) groups excluding carboxylic acids is 2. The maximum Gasteiger partial charge on any atom is 0.247 e. The molecule has 2 amide bonds. The number of carbonyl (C=O) groups is 2. The molecule has 2 heterocycles. The van der Waals surface area contributed by atoms with E-state index in [2.05, 4.69) is 32.7 Å². The predicted octanol–water partition coefficient (Wildman–Crippen LogP) is 4.67. The third-order valence-electron chi connectivity index (χ3n) is 8.41. The lowest BCUT2D eigenvalue weighted by atomic mass is 9.85. The SMILES string of the molecule is COc1ccc(CN(C(=O)Cn2nnc3ccccc32)[C@@H](C(=O)Nc2ccc(N3CCOCC3)cc2)[C@@H]2CC=CCC2)cc1. The third kappa shape index (κ3) is 6.75. The van der Waals surface area contributed by atoms with Crippen LogP contribution in [0.2, 0.25) is 0 Å². The smallest absolute Gasteiger partial charge is 0.247 e. The number of benzene rings is 3. The second-order valence-corrected chi connectivity index (χ2v) is 11.2. The highest BCUT2D eigenvalue weighted by Gasteiger charge is 2.37. The number of hydrogen-bond donors (Lipinski definition) is 1. The number of anilines is 2. The summed E-state index contributed by atoms with van der Waals surface area (Å²) in [6, 6.07) is 22.4. The molecule has 0 unspecified atom stereocenters. The van der Waals surface area contributed by atoms with Crippen molar-refractivity contribution in [3.63, 3.8) is 0 Å². The number of nitrogens with zero attached hydrogens (tertiary/aromatic N) is 5. The molecule has 4 aromatic rings. The molecule has 1 aliphatic carbocycles. The molecule has 44 heavy (non-hydrogen) atoms. The van der Waals surface area contributed by atoms with E-state index < -0.39 is 6.04 Å². The average molecular weight is 595 g/mol. The number of ether oxygens (including phenoxy) is 2. The van der Waals surface area contributed by atoms with Crippen LogP contribution in [0.25, 0.3) is 11.0 Å². The van der Waals surface area contributed by atoms with Gasteiger partial charge in [0.25, 0.3) is 0 Å². The Hall–Kier alpha value is -4.70. The molecular weight excluding hydrogens is 556 g/mol. The van der Waals surface area contributed by atoms with Crippen LogP contribution < -0.4 is 15.0 Å². The molecule has 10 nitrogen and oxygen atoms in total. The Morgan fingerprint density at radius 2 is 1.80 bits per heavy atom. The van der Waals surface area contributed by atoms with Crippen molar-refractivity contribution in [3.8, 4) is 5.75 Å². The van der Waals surface area contributed by atoms with Gasteiger partial charge in [-0.1, -0.05) is 41.6 Å². The van der Waals surface area contributed by atoms with Crippen molar-refractivity contribution < 1.29 is 19.1 Å². The lowest BCUT2D eigenvalue weighted by Gasteiger charge is -2.37. The minimum Gasteiger partial charge on any atom is -0.497 e. The maximum absolute atomic E-state index is 14.2. The first kappa shape index (κ1) is 29.4. The van der Waals surface area contributed by atoms with Crippen LogP contribution in [0.15, 0.2) is 84.9 Å². The first-order valence-electron chi connectivity index (χ1n) is 15.2. The molecule has 6 rings (SSSR count). The highest BCUT2D eigenvalue weighted by Crippen LogP contribution is 2.29. The van der Waals surface area contributed by atoms with Crippen molar-refractivity contribution in [2.45, 2.75) is 38.4 Å². The van der Waals surface area contributed by atoms with Gasteiger partial charge in [0.1, 0.15) is 23.9 Å². The van der Waals surface area contributed by atoms with E-state index in [1.807, 2.05) is 72.8 Å². The molecule has 0 bridgehead atoms. The number of hydrogen-bond acceptors (Lipinski definition) is 7. The van der Waals surface area contributed by atoms with Gasteiger partial charge in [0.05, 0.1) is 25.8 Å².